The van der Waals surface area contributed by atoms with E-state index < -0.39 is 0 Å². The molecule has 0 heterocycles. The molecule has 1 fully saturated rings. The maximum Gasteiger partial charge on any atom is 0.191 e. The fourth-order valence-corrected chi connectivity index (χ4v) is 2.20. The Balaban J connectivity index is 0.00000361. The Kier molecular flexibility index (Phi) is 11.6. The summed E-state index contributed by atoms with van der Waals surface area (Å²) in [5, 5.41) is 6.82. The van der Waals surface area contributed by atoms with Gasteiger partial charge in [-0.25, -0.2) is 0 Å². The lowest BCUT2D eigenvalue weighted by atomic mass is 10.3. The minimum atomic E-state index is 0. The van der Waals surface area contributed by atoms with Crippen molar-refractivity contribution >= 4 is 29.9 Å². The predicted molar refractivity (Wildman–Crippen MR) is 99.1 cm³/mol. The Labute approximate surface area is 142 Å². The molecule has 0 aliphatic heterocycles. The number of hydrogen-bond acceptors (Lipinski definition) is 2. The van der Waals surface area contributed by atoms with Crippen LogP contribution in [0.2, 0.25) is 0 Å². The molecule has 0 amide bonds. The maximum atomic E-state index is 4.65. The number of halogens is 1. The van der Waals surface area contributed by atoms with Crippen LogP contribution in [0.25, 0.3) is 0 Å². The lowest BCUT2D eigenvalue weighted by Gasteiger charge is -2.17. The Morgan fingerprint density at radius 3 is 2.35 bits per heavy atom. The molecule has 0 aromatic rings. The molecular formula is C15H33IN4. The van der Waals surface area contributed by atoms with E-state index in [0.29, 0.717) is 6.04 Å². The number of rotatable bonds is 9. The molecule has 1 saturated carbocycles. The van der Waals surface area contributed by atoms with Crippen LogP contribution in [0.5, 0.6) is 0 Å². The van der Waals surface area contributed by atoms with Crippen LogP contribution < -0.4 is 10.6 Å². The van der Waals surface area contributed by atoms with Crippen molar-refractivity contribution in [2.75, 3.05) is 32.7 Å². The van der Waals surface area contributed by atoms with Gasteiger partial charge in [-0.1, -0.05) is 20.8 Å². The van der Waals surface area contributed by atoms with Gasteiger partial charge in [-0.2, -0.15) is 0 Å². The topological polar surface area (TPSA) is 39.7 Å². The summed E-state index contributed by atoms with van der Waals surface area (Å²) in [7, 11) is 0. The Morgan fingerprint density at radius 2 is 1.85 bits per heavy atom. The highest BCUT2D eigenvalue weighted by atomic mass is 127. The quantitative estimate of drug-likeness (QED) is 0.273. The molecule has 120 valence electrons. The van der Waals surface area contributed by atoms with E-state index in [1.807, 2.05) is 0 Å². The molecule has 20 heavy (non-hydrogen) atoms. The first-order chi connectivity index (χ1) is 9.21. The minimum Gasteiger partial charge on any atom is -0.357 e. The van der Waals surface area contributed by atoms with Gasteiger partial charge in [0.25, 0.3) is 0 Å². The third-order valence-electron chi connectivity index (χ3n) is 3.82. The molecule has 1 aliphatic carbocycles. The summed E-state index contributed by atoms with van der Waals surface area (Å²) in [6, 6.07) is 0.647. The lowest BCUT2D eigenvalue weighted by molar-refractivity contribution is 0.297. The number of unbranched alkanes of at least 4 members (excludes halogenated alkanes) is 1. The van der Waals surface area contributed by atoms with Gasteiger partial charge < -0.3 is 15.5 Å². The molecule has 0 aromatic carbocycles. The average Bonchev–Trinajstić information content (AvgIpc) is 3.09. The van der Waals surface area contributed by atoms with Crippen LogP contribution in [0.15, 0.2) is 4.99 Å². The van der Waals surface area contributed by atoms with Crippen LogP contribution in [-0.4, -0.2) is 49.6 Å². The van der Waals surface area contributed by atoms with E-state index in [-0.39, 0.29) is 24.0 Å². The number of guanidine groups is 1. The molecule has 0 spiro atoms. The summed E-state index contributed by atoms with van der Waals surface area (Å²) in [4.78, 5) is 7.12. The molecule has 1 rings (SSSR count). The second-order valence-electron chi connectivity index (χ2n) is 5.46. The van der Waals surface area contributed by atoms with E-state index in [2.05, 4.69) is 48.2 Å². The van der Waals surface area contributed by atoms with Gasteiger partial charge in [-0.15, -0.1) is 24.0 Å². The van der Waals surface area contributed by atoms with Crippen molar-refractivity contribution in [1.82, 2.24) is 15.5 Å². The third-order valence-corrected chi connectivity index (χ3v) is 3.82. The smallest absolute Gasteiger partial charge is 0.191 e. The minimum absolute atomic E-state index is 0. The van der Waals surface area contributed by atoms with Crippen molar-refractivity contribution in [2.24, 2.45) is 10.9 Å². The molecule has 2 atom stereocenters. The molecule has 5 heteroatoms. The number of nitrogens with zero attached hydrogens (tertiary/aromatic N) is 2. The van der Waals surface area contributed by atoms with Gasteiger partial charge >= 0.3 is 0 Å². The molecule has 0 saturated heterocycles. The maximum absolute atomic E-state index is 4.65. The summed E-state index contributed by atoms with van der Waals surface area (Å²) >= 11 is 0. The molecule has 1 aliphatic rings. The zero-order valence-corrected chi connectivity index (χ0v) is 15.9. The predicted octanol–water partition coefficient (Wildman–Crippen LogP) is 2.69. The highest BCUT2D eigenvalue weighted by Gasteiger charge is 2.33. The van der Waals surface area contributed by atoms with Gasteiger partial charge in [0, 0.05) is 19.1 Å². The number of aliphatic imine (C=N–C) groups is 1. The Bertz CT molecular complexity index is 267. The highest BCUT2D eigenvalue weighted by molar-refractivity contribution is 14.0. The number of hydrogen-bond donors (Lipinski definition) is 2. The molecule has 2 unspecified atom stereocenters. The Morgan fingerprint density at radius 1 is 1.20 bits per heavy atom. The van der Waals surface area contributed by atoms with E-state index >= 15 is 0 Å². The van der Waals surface area contributed by atoms with E-state index in [1.54, 1.807) is 0 Å². The zero-order valence-electron chi connectivity index (χ0n) is 13.6. The van der Waals surface area contributed by atoms with Crippen molar-refractivity contribution in [3.05, 3.63) is 0 Å². The van der Waals surface area contributed by atoms with Crippen LogP contribution in [-0.2, 0) is 0 Å². The first kappa shape index (κ1) is 20.0. The largest absolute Gasteiger partial charge is 0.357 e. The second kappa shape index (κ2) is 11.6. The summed E-state index contributed by atoms with van der Waals surface area (Å²) < 4.78 is 0. The van der Waals surface area contributed by atoms with Crippen molar-refractivity contribution in [2.45, 2.75) is 53.0 Å². The molecule has 0 radical (unpaired) electrons. The third kappa shape index (κ3) is 8.29. The molecule has 0 bridgehead atoms. The fraction of sp³-hybridized carbons (Fsp3) is 0.933. The first-order valence-corrected chi connectivity index (χ1v) is 7.98. The van der Waals surface area contributed by atoms with E-state index in [4.69, 9.17) is 0 Å². The average molecular weight is 396 g/mol. The van der Waals surface area contributed by atoms with Crippen molar-refractivity contribution in [1.29, 1.82) is 0 Å². The van der Waals surface area contributed by atoms with Gasteiger partial charge in [0.05, 0.1) is 0 Å². The second-order valence-corrected chi connectivity index (χ2v) is 5.46. The standard InChI is InChI=1S/C15H32N4.HI/c1-5-16-15(18-14-12-13(14)4)17-10-8-9-11-19(6-2)7-3;/h13-14H,5-12H2,1-4H3,(H2,16,17,18);1H. The molecule has 2 N–H and O–H groups in total. The van der Waals surface area contributed by atoms with Crippen LogP contribution in [0.1, 0.15) is 47.0 Å². The van der Waals surface area contributed by atoms with Crippen LogP contribution >= 0.6 is 24.0 Å². The van der Waals surface area contributed by atoms with Crippen molar-refractivity contribution in [3.8, 4) is 0 Å². The van der Waals surface area contributed by atoms with Crippen LogP contribution in [0.4, 0.5) is 0 Å². The molecule has 4 nitrogen and oxygen atoms in total. The van der Waals surface area contributed by atoms with Gasteiger partial charge in [0.15, 0.2) is 5.96 Å². The monoisotopic (exact) mass is 396 g/mol. The van der Waals surface area contributed by atoms with Crippen molar-refractivity contribution in [3.63, 3.8) is 0 Å². The summed E-state index contributed by atoms with van der Waals surface area (Å²) in [5.74, 6) is 1.81. The van der Waals surface area contributed by atoms with Crippen molar-refractivity contribution < 1.29 is 0 Å². The normalized spacial score (nSPS) is 21.6. The lowest BCUT2D eigenvalue weighted by Crippen LogP contribution is -2.39. The summed E-state index contributed by atoms with van der Waals surface area (Å²) in [5.41, 5.74) is 0. The molecule has 0 aromatic heterocycles. The van der Waals surface area contributed by atoms with E-state index in [0.717, 1.165) is 38.1 Å². The van der Waals surface area contributed by atoms with E-state index in [1.165, 1.54) is 25.8 Å². The summed E-state index contributed by atoms with van der Waals surface area (Å²) in [6.07, 6.45) is 3.70. The SMILES string of the molecule is CCNC(=NCCCCN(CC)CC)NC1CC1C.I. The number of nitrogens with one attached hydrogen (secondary N) is 2. The van der Waals surface area contributed by atoms with Gasteiger partial charge in [0.1, 0.15) is 0 Å². The first-order valence-electron chi connectivity index (χ1n) is 7.98. The van der Waals surface area contributed by atoms with Crippen LogP contribution in [0, 0.1) is 5.92 Å². The highest BCUT2D eigenvalue weighted by Crippen LogP contribution is 2.28. The van der Waals surface area contributed by atoms with Crippen LogP contribution in [0.3, 0.4) is 0 Å². The fourth-order valence-electron chi connectivity index (χ4n) is 2.20. The van der Waals surface area contributed by atoms with Gasteiger partial charge in [-0.3, -0.25) is 4.99 Å². The zero-order chi connectivity index (χ0) is 14.1. The molecular weight excluding hydrogens is 363 g/mol. The van der Waals surface area contributed by atoms with E-state index in [9.17, 15) is 0 Å². The Hall–Kier alpha value is -0.0400. The summed E-state index contributed by atoms with van der Waals surface area (Å²) in [6.45, 7) is 14.2. The van der Waals surface area contributed by atoms with Gasteiger partial charge in [0.2, 0.25) is 0 Å². The van der Waals surface area contributed by atoms with Gasteiger partial charge in [-0.05, 0) is 51.7 Å².